The molecule has 4 heteroatoms. The van der Waals surface area contributed by atoms with Crippen molar-refractivity contribution in [3.8, 4) is 0 Å². The summed E-state index contributed by atoms with van der Waals surface area (Å²) in [7, 11) is 0. The van der Waals surface area contributed by atoms with Crippen LogP contribution in [0.1, 0.15) is 5.56 Å². The lowest BCUT2D eigenvalue weighted by atomic mass is 10.2. The Hall–Kier alpha value is -0.830. The van der Waals surface area contributed by atoms with Crippen LogP contribution in [-0.2, 0) is 5.38 Å². The van der Waals surface area contributed by atoms with Crippen molar-refractivity contribution in [2.45, 2.75) is 5.38 Å². The van der Waals surface area contributed by atoms with Gasteiger partial charge in [0.2, 0.25) is 0 Å². The SMILES string of the molecule is Nc1ccc(C(F)(F)Cl)cc1. The molecule has 0 aliphatic heterocycles. The number of rotatable bonds is 1. The Bertz CT molecular complexity index is 240. The molecule has 2 N–H and O–H groups in total. The van der Waals surface area contributed by atoms with Crippen LogP contribution in [0.4, 0.5) is 14.5 Å². The lowest BCUT2D eigenvalue weighted by molar-refractivity contribution is 0.0951. The highest BCUT2D eigenvalue weighted by Crippen LogP contribution is 2.32. The highest BCUT2D eigenvalue weighted by atomic mass is 35.5. The maximum atomic E-state index is 12.3. The third-order valence-corrected chi connectivity index (χ3v) is 1.46. The van der Waals surface area contributed by atoms with Crippen molar-refractivity contribution in [1.29, 1.82) is 0 Å². The minimum Gasteiger partial charge on any atom is -0.399 e. The molecule has 0 amide bonds. The van der Waals surface area contributed by atoms with Gasteiger partial charge in [0.15, 0.2) is 0 Å². The van der Waals surface area contributed by atoms with Crippen molar-refractivity contribution in [2.24, 2.45) is 0 Å². The van der Waals surface area contributed by atoms with Gasteiger partial charge >= 0.3 is 5.38 Å². The first-order valence-corrected chi connectivity index (χ1v) is 3.30. The van der Waals surface area contributed by atoms with Crippen LogP contribution < -0.4 is 5.73 Å². The van der Waals surface area contributed by atoms with Gasteiger partial charge in [0.1, 0.15) is 0 Å². The number of nitrogen functional groups attached to an aromatic ring is 1. The maximum absolute atomic E-state index is 12.3. The largest absolute Gasteiger partial charge is 0.399 e. The fraction of sp³-hybridized carbons (Fsp3) is 0.143. The van der Waals surface area contributed by atoms with Crippen LogP contribution in [0.3, 0.4) is 0 Å². The third kappa shape index (κ3) is 2.05. The Balaban J connectivity index is 2.99. The van der Waals surface area contributed by atoms with E-state index in [2.05, 4.69) is 0 Å². The Morgan fingerprint density at radius 3 is 2.00 bits per heavy atom. The summed E-state index contributed by atoms with van der Waals surface area (Å²) in [6, 6.07) is 5.15. The smallest absolute Gasteiger partial charge is 0.348 e. The van der Waals surface area contributed by atoms with E-state index in [1.165, 1.54) is 24.3 Å². The molecule has 0 aromatic heterocycles. The average Bonchev–Trinajstić information content (AvgIpc) is 1.86. The monoisotopic (exact) mass is 177 g/mol. The predicted octanol–water partition coefficient (Wildman–Crippen LogP) is 2.56. The van der Waals surface area contributed by atoms with Gasteiger partial charge in [-0.1, -0.05) is 0 Å². The standard InChI is InChI=1S/C7H6ClF2N/c8-7(9,10)5-1-3-6(11)4-2-5/h1-4H,11H2. The zero-order valence-corrected chi connectivity index (χ0v) is 6.28. The topological polar surface area (TPSA) is 26.0 Å². The van der Waals surface area contributed by atoms with Gasteiger partial charge in [-0.25, -0.2) is 0 Å². The summed E-state index contributed by atoms with van der Waals surface area (Å²) in [5, 5.41) is -3.30. The lowest BCUT2D eigenvalue weighted by Crippen LogP contribution is -2.02. The normalized spacial score (nSPS) is 11.5. The second-order valence-electron chi connectivity index (χ2n) is 2.12. The van der Waals surface area contributed by atoms with Crippen molar-refractivity contribution < 1.29 is 8.78 Å². The molecule has 1 aromatic carbocycles. The van der Waals surface area contributed by atoms with Crippen LogP contribution in [0.2, 0.25) is 0 Å². The second kappa shape index (κ2) is 2.66. The van der Waals surface area contributed by atoms with Crippen LogP contribution in [0.25, 0.3) is 0 Å². The molecule has 0 radical (unpaired) electrons. The minimum atomic E-state index is -3.30. The molecule has 0 unspecified atom stereocenters. The van der Waals surface area contributed by atoms with Gasteiger partial charge in [0, 0.05) is 11.3 Å². The molecule has 0 heterocycles. The van der Waals surface area contributed by atoms with Gasteiger partial charge in [0.25, 0.3) is 0 Å². The summed E-state index contributed by atoms with van der Waals surface area (Å²) >= 11 is 4.74. The van der Waals surface area contributed by atoms with Crippen molar-refractivity contribution >= 4 is 17.3 Å². The molecule has 1 aromatic rings. The molecule has 11 heavy (non-hydrogen) atoms. The highest BCUT2D eigenvalue weighted by Gasteiger charge is 2.26. The Kier molecular flexibility index (Phi) is 2.00. The predicted molar refractivity (Wildman–Crippen MR) is 40.6 cm³/mol. The molecular formula is C7H6ClF2N. The van der Waals surface area contributed by atoms with Crippen molar-refractivity contribution in [1.82, 2.24) is 0 Å². The van der Waals surface area contributed by atoms with Crippen molar-refractivity contribution in [3.05, 3.63) is 29.8 Å². The summed E-state index contributed by atoms with van der Waals surface area (Å²) in [4.78, 5) is 0. The first kappa shape index (κ1) is 8.27. The lowest BCUT2D eigenvalue weighted by Gasteiger charge is -2.06. The number of nitrogens with two attached hydrogens (primary N) is 1. The van der Waals surface area contributed by atoms with E-state index in [9.17, 15) is 8.78 Å². The number of halogens is 3. The fourth-order valence-corrected chi connectivity index (χ4v) is 0.798. The number of hydrogen-bond donors (Lipinski definition) is 1. The van der Waals surface area contributed by atoms with Gasteiger partial charge in [-0.3, -0.25) is 0 Å². The molecule has 0 bridgehead atoms. The van der Waals surface area contributed by atoms with E-state index < -0.39 is 5.38 Å². The molecule has 0 atom stereocenters. The minimum absolute atomic E-state index is 0.242. The zero-order chi connectivity index (χ0) is 8.48. The molecule has 0 saturated carbocycles. The highest BCUT2D eigenvalue weighted by molar-refractivity contribution is 6.21. The molecule has 0 spiro atoms. The van der Waals surface area contributed by atoms with Crippen LogP contribution in [-0.4, -0.2) is 0 Å². The first-order chi connectivity index (χ1) is 5.00. The van der Waals surface area contributed by atoms with Crippen molar-refractivity contribution in [2.75, 3.05) is 5.73 Å². The van der Waals surface area contributed by atoms with Gasteiger partial charge < -0.3 is 5.73 Å². The van der Waals surface area contributed by atoms with E-state index in [4.69, 9.17) is 17.3 Å². The zero-order valence-electron chi connectivity index (χ0n) is 5.52. The van der Waals surface area contributed by atoms with Crippen LogP contribution >= 0.6 is 11.6 Å². The first-order valence-electron chi connectivity index (χ1n) is 2.93. The maximum Gasteiger partial charge on any atom is 0.348 e. The van der Waals surface area contributed by atoms with Crippen molar-refractivity contribution in [3.63, 3.8) is 0 Å². The number of alkyl halides is 3. The summed E-state index contributed by atoms with van der Waals surface area (Å²) in [5.41, 5.74) is 5.48. The molecule has 60 valence electrons. The second-order valence-corrected chi connectivity index (χ2v) is 2.59. The molecule has 0 aliphatic carbocycles. The third-order valence-electron chi connectivity index (χ3n) is 1.24. The number of anilines is 1. The van der Waals surface area contributed by atoms with E-state index in [0.29, 0.717) is 5.69 Å². The molecule has 0 saturated heterocycles. The van der Waals surface area contributed by atoms with Crippen LogP contribution in [0.15, 0.2) is 24.3 Å². The Morgan fingerprint density at radius 1 is 1.18 bits per heavy atom. The fourth-order valence-electron chi connectivity index (χ4n) is 0.672. The molecule has 1 rings (SSSR count). The average molecular weight is 178 g/mol. The van der Waals surface area contributed by atoms with Gasteiger partial charge in [-0.15, -0.1) is 0 Å². The quantitative estimate of drug-likeness (QED) is 0.518. The summed E-state index contributed by atoms with van der Waals surface area (Å²) in [6.45, 7) is 0. The Labute approximate surface area is 67.8 Å². The summed E-state index contributed by atoms with van der Waals surface area (Å²) in [5.74, 6) is 0. The molecule has 1 nitrogen and oxygen atoms in total. The van der Waals surface area contributed by atoms with Gasteiger partial charge in [-0.2, -0.15) is 8.78 Å². The number of benzene rings is 1. The number of hydrogen-bond acceptors (Lipinski definition) is 1. The summed E-state index contributed by atoms with van der Waals surface area (Å²) in [6.07, 6.45) is 0. The van der Waals surface area contributed by atoms with Crippen LogP contribution in [0.5, 0.6) is 0 Å². The van der Waals surface area contributed by atoms with E-state index in [1.807, 2.05) is 0 Å². The van der Waals surface area contributed by atoms with E-state index in [-0.39, 0.29) is 5.56 Å². The molecule has 0 fully saturated rings. The molecule has 0 aliphatic rings. The summed E-state index contributed by atoms with van der Waals surface area (Å²) < 4.78 is 24.6. The van der Waals surface area contributed by atoms with E-state index >= 15 is 0 Å². The van der Waals surface area contributed by atoms with E-state index in [0.717, 1.165) is 0 Å². The van der Waals surface area contributed by atoms with Gasteiger partial charge in [0.05, 0.1) is 0 Å². The van der Waals surface area contributed by atoms with E-state index in [1.54, 1.807) is 0 Å². The molecular weight excluding hydrogens is 172 g/mol. The Morgan fingerprint density at radius 2 is 1.64 bits per heavy atom. The van der Waals surface area contributed by atoms with Gasteiger partial charge in [-0.05, 0) is 35.9 Å². The van der Waals surface area contributed by atoms with Crippen LogP contribution in [0, 0.1) is 0 Å².